The Balaban J connectivity index is 1.58. The van der Waals surface area contributed by atoms with E-state index in [0.717, 1.165) is 16.7 Å². The second kappa shape index (κ2) is 8.39. The van der Waals surface area contributed by atoms with Crippen molar-refractivity contribution in [3.63, 3.8) is 0 Å². The Labute approximate surface area is 185 Å². The maximum atomic E-state index is 12.8. The Morgan fingerprint density at radius 2 is 1.73 bits per heavy atom. The standard InChI is InChI=1S/C25H18Cl2O3/c1-3-16-7-9-17(10-8-16)14-29-22-12-11-18-24(28)23(30-25(18)15(22)2)13-19-20(26)5-4-6-21(19)27/h3-13H,1,14H2,2H3/b23-13-. The Morgan fingerprint density at radius 1 is 1.03 bits per heavy atom. The molecular weight excluding hydrogens is 419 g/mol. The molecule has 0 amide bonds. The van der Waals surface area contributed by atoms with Crippen molar-refractivity contribution in [2.45, 2.75) is 13.5 Å². The van der Waals surface area contributed by atoms with E-state index in [0.29, 0.717) is 39.3 Å². The van der Waals surface area contributed by atoms with E-state index in [-0.39, 0.29) is 11.5 Å². The maximum Gasteiger partial charge on any atom is 0.231 e. The van der Waals surface area contributed by atoms with Crippen molar-refractivity contribution in [2.24, 2.45) is 0 Å². The number of Topliss-reactive ketones (excluding diaryl/α,β-unsaturated/α-hetero) is 1. The molecule has 5 heteroatoms. The van der Waals surface area contributed by atoms with Crippen molar-refractivity contribution < 1.29 is 14.3 Å². The molecular formula is C25H18Cl2O3. The van der Waals surface area contributed by atoms with Crippen LogP contribution < -0.4 is 9.47 Å². The van der Waals surface area contributed by atoms with Crippen LogP contribution in [0.3, 0.4) is 0 Å². The summed E-state index contributed by atoms with van der Waals surface area (Å²) in [6, 6.07) is 16.6. The van der Waals surface area contributed by atoms with E-state index in [4.69, 9.17) is 32.7 Å². The van der Waals surface area contributed by atoms with Gasteiger partial charge in [-0.25, -0.2) is 0 Å². The lowest BCUT2D eigenvalue weighted by Gasteiger charge is -2.11. The molecule has 0 spiro atoms. The lowest BCUT2D eigenvalue weighted by molar-refractivity contribution is 0.101. The molecule has 1 aliphatic rings. The summed E-state index contributed by atoms with van der Waals surface area (Å²) in [7, 11) is 0. The van der Waals surface area contributed by atoms with E-state index < -0.39 is 0 Å². The summed E-state index contributed by atoms with van der Waals surface area (Å²) in [6.45, 7) is 6.03. The molecule has 1 aliphatic heterocycles. The second-order valence-corrected chi connectivity index (χ2v) is 7.69. The van der Waals surface area contributed by atoms with Crippen molar-refractivity contribution >= 4 is 41.1 Å². The Bertz CT molecular complexity index is 1160. The number of fused-ring (bicyclic) bond motifs is 1. The SMILES string of the molecule is C=Cc1ccc(COc2ccc3c(c2C)O/C(=C\c2c(Cl)cccc2Cl)C3=O)cc1. The highest BCUT2D eigenvalue weighted by Gasteiger charge is 2.30. The first-order valence-electron chi connectivity index (χ1n) is 9.34. The molecule has 0 unspecified atom stereocenters. The highest BCUT2D eigenvalue weighted by atomic mass is 35.5. The molecule has 0 radical (unpaired) electrons. The Hall–Kier alpha value is -3.01. The zero-order chi connectivity index (χ0) is 21.3. The first kappa shape index (κ1) is 20.3. The van der Waals surface area contributed by atoms with Gasteiger partial charge in [0.05, 0.1) is 5.56 Å². The number of carbonyl (C=O) groups excluding carboxylic acids is 1. The summed E-state index contributed by atoms with van der Waals surface area (Å²) in [5.74, 6) is 1.12. The highest BCUT2D eigenvalue weighted by Crippen LogP contribution is 2.40. The average molecular weight is 437 g/mol. The summed E-state index contributed by atoms with van der Waals surface area (Å²) in [6.07, 6.45) is 3.37. The first-order chi connectivity index (χ1) is 14.5. The second-order valence-electron chi connectivity index (χ2n) is 6.87. The molecule has 0 aromatic heterocycles. The predicted octanol–water partition coefficient (Wildman–Crippen LogP) is 7.14. The topological polar surface area (TPSA) is 35.5 Å². The van der Waals surface area contributed by atoms with Gasteiger partial charge in [0.15, 0.2) is 5.76 Å². The number of allylic oxidation sites excluding steroid dienone is 1. The Morgan fingerprint density at radius 3 is 2.40 bits per heavy atom. The quantitative estimate of drug-likeness (QED) is 0.398. The van der Waals surface area contributed by atoms with Crippen molar-refractivity contribution in [3.8, 4) is 11.5 Å². The summed E-state index contributed by atoms with van der Waals surface area (Å²) < 4.78 is 11.9. The monoisotopic (exact) mass is 436 g/mol. The van der Waals surface area contributed by atoms with Crippen LogP contribution in [0.5, 0.6) is 11.5 Å². The molecule has 3 nitrogen and oxygen atoms in total. The van der Waals surface area contributed by atoms with Gasteiger partial charge in [-0.3, -0.25) is 4.79 Å². The predicted molar refractivity (Wildman–Crippen MR) is 121 cm³/mol. The van der Waals surface area contributed by atoms with Crippen LogP contribution in [0.2, 0.25) is 10.0 Å². The summed E-state index contributed by atoms with van der Waals surface area (Å²) in [5, 5.41) is 0.899. The molecule has 3 aromatic carbocycles. The molecule has 30 heavy (non-hydrogen) atoms. The van der Waals surface area contributed by atoms with Crippen molar-refractivity contribution in [1.82, 2.24) is 0 Å². The normalized spacial score (nSPS) is 13.8. The van der Waals surface area contributed by atoms with Crippen molar-refractivity contribution in [2.75, 3.05) is 0 Å². The van der Waals surface area contributed by atoms with E-state index in [9.17, 15) is 4.79 Å². The summed E-state index contributed by atoms with van der Waals surface area (Å²) in [5.41, 5.74) is 3.89. The number of hydrogen-bond donors (Lipinski definition) is 0. The lowest BCUT2D eigenvalue weighted by Crippen LogP contribution is -1.98. The van der Waals surface area contributed by atoms with Crippen LogP contribution in [0.4, 0.5) is 0 Å². The van der Waals surface area contributed by atoms with E-state index in [2.05, 4.69) is 6.58 Å². The third kappa shape index (κ3) is 3.87. The van der Waals surface area contributed by atoms with Gasteiger partial charge < -0.3 is 9.47 Å². The Kier molecular flexibility index (Phi) is 5.67. The third-order valence-electron chi connectivity index (χ3n) is 4.92. The average Bonchev–Trinajstić information content (AvgIpc) is 3.07. The zero-order valence-electron chi connectivity index (χ0n) is 16.2. The number of carbonyl (C=O) groups is 1. The van der Waals surface area contributed by atoms with Gasteiger partial charge in [0.25, 0.3) is 0 Å². The molecule has 0 atom stereocenters. The van der Waals surface area contributed by atoms with Gasteiger partial charge in [-0.1, -0.05) is 66.2 Å². The number of hydrogen-bond acceptors (Lipinski definition) is 3. The van der Waals surface area contributed by atoms with Crippen LogP contribution in [-0.4, -0.2) is 5.78 Å². The van der Waals surface area contributed by atoms with Crippen LogP contribution in [-0.2, 0) is 6.61 Å². The van der Waals surface area contributed by atoms with Gasteiger partial charge in [-0.05, 0) is 48.4 Å². The molecule has 1 heterocycles. The highest BCUT2D eigenvalue weighted by molar-refractivity contribution is 6.37. The van der Waals surface area contributed by atoms with Gasteiger partial charge in [-0.15, -0.1) is 0 Å². The van der Waals surface area contributed by atoms with Crippen molar-refractivity contribution in [3.05, 3.63) is 105 Å². The molecule has 150 valence electrons. The minimum Gasteiger partial charge on any atom is -0.488 e. The van der Waals surface area contributed by atoms with Crippen LogP contribution in [0, 0.1) is 6.92 Å². The van der Waals surface area contributed by atoms with Gasteiger partial charge in [0, 0.05) is 21.2 Å². The zero-order valence-corrected chi connectivity index (χ0v) is 17.8. The number of ketones is 1. The molecule has 0 bridgehead atoms. The molecule has 0 saturated heterocycles. The summed E-state index contributed by atoms with van der Waals surface area (Å²) in [4.78, 5) is 12.8. The van der Waals surface area contributed by atoms with Crippen LogP contribution in [0.15, 0.2) is 66.9 Å². The maximum absolute atomic E-state index is 12.8. The lowest BCUT2D eigenvalue weighted by atomic mass is 10.1. The number of rotatable bonds is 5. The largest absolute Gasteiger partial charge is 0.488 e. The number of ether oxygens (including phenoxy) is 2. The summed E-state index contributed by atoms with van der Waals surface area (Å²) >= 11 is 12.4. The fraction of sp³-hybridized carbons (Fsp3) is 0.0800. The van der Waals surface area contributed by atoms with Gasteiger partial charge in [-0.2, -0.15) is 0 Å². The number of benzene rings is 3. The molecule has 0 N–H and O–H groups in total. The third-order valence-corrected chi connectivity index (χ3v) is 5.58. The van der Waals surface area contributed by atoms with Gasteiger partial charge in [0.1, 0.15) is 18.1 Å². The van der Waals surface area contributed by atoms with Gasteiger partial charge in [0.2, 0.25) is 5.78 Å². The minimum absolute atomic E-state index is 0.181. The molecule has 0 saturated carbocycles. The van der Waals surface area contributed by atoms with E-state index in [1.54, 1.807) is 42.5 Å². The molecule has 4 rings (SSSR count). The number of halogens is 2. The minimum atomic E-state index is -0.212. The smallest absolute Gasteiger partial charge is 0.231 e. The fourth-order valence-corrected chi connectivity index (χ4v) is 3.72. The van der Waals surface area contributed by atoms with Crippen LogP contribution in [0.25, 0.3) is 12.2 Å². The molecule has 3 aromatic rings. The van der Waals surface area contributed by atoms with Crippen molar-refractivity contribution in [1.29, 1.82) is 0 Å². The van der Waals surface area contributed by atoms with Crippen LogP contribution in [0.1, 0.15) is 32.6 Å². The van der Waals surface area contributed by atoms with E-state index in [1.807, 2.05) is 31.2 Å². The first-order valence-corrected chi connectivity index (χ1v) is 10.1. The fourth-order valence-electron chi connectivity index (χ4n) is 3.22. The van der Waals surface area contributed by atoms with Crippen LogP contribution >= 0.6 is 23.2 Å². The van der Waals surface area contributed by atoms with E-state index in [1.165, 1.54) is 0 Å². The van der Waals surface area contributed by atoms with E-state index >= 15 is 0 Å². The molecule has 0 fully saturated rings. The van der Waals surface area contributed by atoms with Gasteiger partial charge >= 0.3 is 0 Å². The molecule has 0 aliphatic carbocycles.